The zero-order chi connectivity index (χ0) is 20.1. The van der Waals surface area contributed by atoms with Crippen LogP contribution in [-0.4, -0.2) is 55.5 Å². The maximum atomic E-state index is 12.9. The van der Waals surface area contributed by atoms with E-state index in [1.807, 2.05) is 19.9 Å². The monoisotopic (exact) mass is 394 g/mol. The number of hydrogen-bond acceptors (Lipinski definition) is 8. The lowest BCUT2D eigenvalue weighted by atomic mass is 9.78. The highest BCUT2D eigenvalue weighted by molar-refractivity contribution is 7.12. The van der Waals surface area contributed by atoms with Gasteiger partial charge in [0.05, 0.1) is 38.5 Å². The van der Waals surface area contributed by atoms with Crippen LogP contribution in [0.25, 0.3) is 0 Å². The van der Waals surface area contributed by atoms with Crippen molar-refractivity contribution in [3.05, 3.63) is 21.4 Å². The molecule has 4 atom stereocenters. The molecular weight excluding hydrogens is 372 g/mol. The van der Waals surface area contributed by atoms with Crippen LogP contribution in [0, 0.1) is 25.7 Å². The number of thiophene rings is 1. The Morgan fingerprint density at radius 3 is 2.41 bits per heavy atom. The molecule has 1 aromatic rings. The molecule has 2 saturated heterocycles. The van der Waals surface area contributed by atoms with Crippen molar-refractivity contribution in [1.29, 1.82) is 0 Å². The molecule has 0 aromatic carbocycles. The number of nitrogens with zero attached hydrogens (tertiary/aromatic N) is 1. The van der Waals surface area contributed by atoms with Crippen LogP contribution in [-0.2, 0) is 28.7 Å². The molecule has 0 spiro atoms. The van der Waals surface area contributed by atoms with E-state index >= 15 is 0 Å². The van der Waals surface area contributed by atoms with E-state index in [-0.39, 0.29) is 5.91 Å². The van der Waals surface area contributed by atoms with Gasteiger partial charge in [-0.05, 0) is 25.5 Å². The molecule has 2 amide bonds. The van der Waals surface area contributed by atoms with Gasteiger partial charge < -0.3 is 9.47 Å². The number of rotatable bonds is 4. The van der Waals surface area contributed by atoms with Gasteiger partial charge in [0.25, 0.3) is 0 Å². The van der Waals surface area contributed by atoms with Gasteiger partial charge in [-0.2, -0.15) is 0 Å². The zero-order valence-corrected chi connectivity index (χ0v) is 16.6. The van der Waals surface area contributed by atoms with Gasteiger partial charge in [0.15, 0.2) is 0 Å². The molecule has 1 N–H and O–H groups in total. The Morgan fingerprint density at radius 1 is 1.22 bits per heavy atom. The van der Waals surface area contributed by atoms with Crippen LogP contribution in [0.5, 0.6) is 0 Å². The SMILES string of the molecule is COC(=O)C[C@]1(C(=O)OC)N[C@@H](c2cc(C)c(C)s2)[C@H]2C(=O)N(C)C(=O)[C@H]21. The highest BCUT2D eigenvalue weighted by Crippen LogP contribution is 2.51. The Kier molecular flexibility index (Phi) is 4.85. The number of amides is 2. The summed E-state index contributed by atoms with van der Waals surface area (Å²) in [6, 6.07) is 1.37. The van der Waals surface area contributed by atoms with Crippen molar-refractivity contribution < 1.29 is 28.7 Å². The second kappa shape index (κ2) is 6.72. The minimum Gasteiger partial charge on any atom is -0.469 e. The third-order valence-electron chi connectivity index (χ3n) is 5.57. The summed E-state index contributed by atoms with van der Waals surface area (Å²) in [4.78, 5) is 53.5. The van der Waals surface area contributed by atoms with Gasteiger partial charge in [0, 0.05) is 16.8 Å². The fourth-order valence-electron chi connectivity index (χ4n) is 4.05. The average molecular weight is 394 g/mol. The van der Waals surface area contributed by atoms with Gasteiger partial charge in [0.1, 0.15) is 5.54 Å². The Morgan fingerprint density at radius 2 is 1.89 bits per heavy atom. The molecule has 0 saturated carbocycles. The first-order valence-electron chi connectivity index (χ1n) is 8.49. The van der Waals surface area contributed by atoms with E-state index in [0.717, 1.165) is 20.2 Å². The first-order chi connectivity index (χ1) is 12.7. The summed E-state index contributed by atoms with van der Waals surface area (Å²) in [5.41, 5.74) is -0.595. The third kappa shape index (κ3) is 2.76. The number of imide groups is 1. The smallest absolute Gasteiger partial charge is 0.327 e. The van der Waals surface area contributed by atoms with E-state index in [1.165, 1.54) is 32.6 Å². The maximum Gasteiger partial charge on any atom is 0.327 e. The number of carbonyl (C=O) groups is 4. The minimum absolute atomic E-state index is 0.373. The number of likely N-dealkylation sites (tertiary alicyclic amines) is 1. The van der Waals surface area contributed by atoms with Crippen molar-refractivity contribution in [1.82, 2.24) is 10.2 Å². The number of carbonyl (C=O) groups excluding carboxylic acids is 4. The number of hydrogen-bond donors (Lipinski definition) is 1. The van der Waals surface area contributed by atoms with E-state index in [9.17, 15) is 19.2 Å². The molecule has 3 rings (SSSR count). The quantitative estimate of drug-likeness (QED) is 0.593. The number of ether oxygens (including phenoxy) is 2. The number of nitrogens with one attached hydrogen (secondary N) is 1. The van der Waals surface area contributed by atoms with Crippen LogP contribution in [0.1, 0.15) is 27.8 Å². The summed E-state index contributed by atoms with van der Waals surface area (Å²) in [5, 5.41) is 3.13. The van der Waals surface area contributed by atoms with Crippen molar-refractivity contribution in [2.24, 2.45) is 11.8 Å². The van der Waals surface area contributed by atoms with Crippen molar-refractivity contribution in [3.63, 3.8) is 0 Å². The normalized spacial score (nSPS) is 29.8. The van der Waals surface area contributed by atoms with Gasteiger partial charge in [-0.25, -0.2) is 0 Å². The molecule has 0 aliphatic carbocycles. The lowest BCUT2D eigenvalue weighted by Gasteiger charge is -2.30. The topological polar surface area (TPSA) is 102 Å². The molecule has 2 aliphatic heterocycles. The third-order valence-corrected chi connectivity index (χ3v) is 6.80. The van der Waals surface area contributed by atoms with Crippen LogP contribution >= 0.6 is 11.3 Å². The Balaban J connectivity index is 2.16. The predicted octanol–water partition coefficient (Wildman–Crippen LogP) is 0.715. The van der Waals surface area contributed by atoms with Crippen molar-refractivity contribution >= 4 is 35.1 Å². The lowest BCUT2D eigenvalue weighted by molar-refractivity contribution is -0.159. The summed E-state index contributed by atoms with van der Waals surface area (Å²) in [5.74, 6) is -4.12. The van der Waals surface area contributed by atoms with Crippen molar-refractivity contribution in [3.8, 4) is 0 Å². The molecule has 0 unspecified atom stereocenters. The van der Waals surface area contributed by atoms with Gasteiger partial charge >= 0.3 is 11.9 Å². The van der Waals surface area contributed by atoms with Crippen molar-refractivity contribution in [2.75, 3.05) is 21.3 Å². The molecule has 146 valence electrons. The Bertz CT molecular complexity index is 814. The van der Waals surface area contributed by atoms with E-state index in [1.54, 1.807) is 0 Å². The minimum atomic E-state index is -1.65. The van der Waals surface area contributed by atoms with Crippen LogP contribution < -0.4 is 5.32 Å². The van der Waals surface area contributed by atoms with Crippen LogP contribution in [0.3, 0.4) is 0 Å². The predicted molar refractivity (Wildman–Crippen MR) is 95.8 cm³/mol. The van der Waals surface area contributed by atoms with Crippen LogP contribution in [0.4, 0.5) is 0 Å². The van der Waals surface area contributed by atoms with Gasteiger partial charge in [0.2, 0.25) is 11.8 Å². The van der Waals surface area contributed by atoms with E-state index in [0.29, 0.717) is 0 Å². The molecule has 9 heteroatoms. The van der Waals surface area contributed by atoms with Crippen LogP contribution in [0.15, 0.2) is 6.07 Å². The summed E-state index contributed by atoms with van der Waals surface area (Å²) in [7, 11) is 3.79. The summed E-state index contributed by atoms with van der Waals surface area (Å²) in [6.45, 7) is 3.92. The molecule has 27 heavy (non-hydrogen) atoms. The first kappa shape index (κ1) is 19.5. The Hall–Kier alpha value is -2.26. The molecule has 1 aromatic heterocycles. The highest BCUT2D eigenvalue weighted by atomic mass is 32.1. The van der Waals surface area contributed by atoms with Gasteiger partial charge in [-0.1, -0.05) is 0 Å². The molecule has 0 bridgehead atoms. The molecule has 2 aliphatic rings. The summed E-state index contributed by atoms with van der Waals surface area (Å²) in [6.07, 6.45) is -0.399. The van der Waals surface area contributed by atoms with Crippen molar-refractivity contribution in [2.45, 2.75) is 31.8 Å². The number of fused-ring (bicyclic) bond motifs is 1. The van der Waals surface area contributed by atoms with Crippen LogP contribution in [0.2, 0.25) is 0 Å². The summed E-state index contributed by atoms with van der Waals surface area (Å²) >= 11 is 1.50. The summed E-state index contributed by atoms with van der Waals surface area (Å²) < 4.78 is 9.67. The fraction of sp³-hybridized carbons (Fsp3) is 0.556. The molecule has 2 fully saturated rings. The first-order valence-corrected chi connectivity index (χ1v) is 9.30. The molecule has 3 heterocycles. The fourth-order valence-corrected chi connectivity index (χ4v) is 5.19. The van der Waals surface area contributed by atoms with E-state index < -0.39 is 47.7 Å². The number of esters is 2. The standard InChI is InChI=1S/C18H22N2O6S/c1-8-6-10(27-9(8)2)14-12-13(16(23)20(3)15(12)22)18(19-14,17(24)26-5)7-11(21)25-4/h6,12-14,19H,7H2,1-5H3/t12-,13-,14-,18-/m0/s1. The zero-order valence-electron chi connectivity index (χ0n) is 15.8. The lowest BCUT2D eigenvalue weighted by Crippen LogP contribution is -2.57. The Labute approximate surface area is 160 Å². The van der Waals surface area contributed by atoms with Gasteiger partial charge in [-0.15, -0.1) is 11.3 Å². The number of aryl methyl sites for hydroxylation is 2. The molecule has 8 nitrogen and oxygen atoms in total. The second-order valence-electron chi connectivity index (χ2n) is 6.96. The molecule has 0 radical (unpaired) electrons. The average Bonchev–Trinajstić information content (AvgIpc) is 3.23. The largest absolute Gasteiger partial charge is 0.469 e. The van der Waals surface area contributed by atoms with Gasteiger partial charge in [-0.3, -0.25) is 29.4 Å². The molecular formula is C18H22N2O6S. The van der Waals surface area contributed by atoms with E-state index in [4.69, 9.17) is 9.47 Å². The number of methoxy groups -OCH3 is 2. The van der Waals surface area contributed by atoms with E-state index in [2.05, 4.69) is 5.32 Å². The maximum absolute atomic E-state index is 12.9. The highest BCUT2D eigenvalue weighted by Gasteiger charge is 2.69. The second-order valence-corrected chi connectivity index (χ2v) is 8.25.